The number of sulfonamides is 1. The smallest absolute Gasteiger partial charge is 0.213 e. The van der Waals surface area contributed by atoms with Crippen LogP contribution in [0.4, 0.5) is 0 Å². The number of aliphatic imine (C=N–C) groups is 1. The lowest BCUT2D eigenvalue weighted by atomic mass is 9.86. The molecule has 6 nitrogen and oxygen atoms in total. The molecule has 1 heterocycles. The van der Waals surface area contributed by atoms with Crippen LogP contribution in [0.15, 0.2) is 35.3 Å². The number of rotatable bonds is 8. The van der Waals surface area contributed by atoms with Gasteiger partial charge in [0.25, 0.3) is 0 Å². The SMILES string of the molecule is CN=C(NCCS(=O)(=O)NCC1CCC1)N1CCC(Cc2ccccc2)C1. The second-order valence-electron chi connectivity index (χ2n) is 7.73. The van der Waals surface area contributed by atoms with Gasteiger partial charge in [-0.3, -0.25) is 4.99 Å². The van der Waals surface area contributed by atoms with Gasteiger partial charge in [0.1, 0.15) is 0 Å². The summed E-state index contributed by atoms with van der Waals surface area (Å²) in [4.78, 5) is 6.58. The van der Waals surface area contributed by atoms with E-state index in [0.717, 1.165) is 44.7 Å². The Morgan fingerprint density at radius 3 is 2.63 bits per heavy atom. The van der Waals surface area contributed by atoms with Gasteiger partial charge in [-0.25, -0.2) is 13.1 Å². The molecule has 0 spiro atoms. The number of guanidine groups is 1. The fraction of sp³-hybridized carbons (Fsp3) is 0.650. The normalized spacial score (nSPS) is 21.3. The van der Waals surface area contributed by atoms with Crippen LogP contribution in [0.5, 0.6) is 0 Å². The van der Waals surface area contributed by atoms with Crippen LogP contribution in [-0.4, -0.2) is 58.3 Å². The van der Waals surface area contributed by atoms with Crippen molar-refractivity contribution in [2.45, 2.75) is 32.1 Å². The van der Waals surface area contributed by atoms with E-state index >= 15 is 0 Å². The first-order valence-corrected chi connectivity index (χ1v) is 11.7. The van der Waals surface area contributed by atoms with E-state index in [1.807, 2.05) is 6.07 Å². The van der Waals surface area contributed by atoms with Crippen LogP contribution in [0.2, 0.25) is 0 Å². The number of likely N-dealkylation sites (tertiary alicyclic amines) is 1. The molecule has 27 heavy (non-hydrogen) atoms. The Morgan fingerprint density at radius 1 is 1.19 bits per heavy atom. The van der Waals surface area contributed by atoms with Crippen LogP contribution in [0.25, 0.3) is 0 Å². The van der Waals surface area contributed by atoms with E-state index in [2.05, 4.69) is 44.2 Å². The standard InChI is InChI=1S/C20H32N4O2S/c1-21-20(22-11-13-27(25,26)23-15-18-8-5-9-18)24-12-10-19(16-24)14-17-6-3-2-4-7-17/h2-4,6-7,18-19,23H,5,8-16H2,1H3,(H,21,22). The summed E-state index contributed by atoms with van der Waals surface area (Å²) in [5.41, 5.74) is 1.37. The van der Waals surface area contributed by atoms with Gasteiger partial charge in [-0.1, -0.05) is 36.8 Å². The third kappa shape index (κ3) is 6.21. The number of nitrogens with zero attached hydrogens (tertiary/aromatic N) is 2. The highest BCUT2D eigenvalue weighted by Crippen LogP contribution is 2.25. The molecular formula is C20H32N4O2S. The van der Waals surface area contributed by atoms with E-state index < -0.39 is 10.0 Å². The van der Waals surface area contributed by atoms with Crippen LogP contribution in [-0.2, 0) is 16.4 Å². The van der Waals surface area contributed by atoms with E-state index in [1.165, 1.54) is 12.0 Å². The lowest BCUT2D eigenvalue weighted by Gasteiger charge is -2.25. The average Bonchev–Trinajstić information content (AvgIpc) is 3.06. The first kappa shape index (κ1) is 20.1. The molecule has 1 unspecified atom stereocenters. The molecule has 2 aliphatic rings. The monoisotopic (exact) mass is 392 g/mol. The Bertz CT molecular complexity index is 717. The van der Waals surface area contributed by atoms with Gasteiger partial charge >= 0.3 is 0 Å². The van der Waals surface area contributed by atoms with Crippen molar-refractivity contribution < 1.29 is 8.42 Å². The predicted molar refractivity (Wildman–Crippen MR) is 110 cm³/mol. The number of hydrogen-bond acceptors (Lipinski definition) is 3. The molecule has 3 rings (SSSR count). The molecule has 1 aliphatic carbocycles. The second-order valence-corrected chi connectivity index (χ2v) is 9.66. The largest absolute Gasteiger partial charge is 0.355 e. The van der Waals surface area contributed by atoms with Gasteiger partial charge in [0.2, 0.25) is 10.0 Å². The van der Waals surface area contributed by atoms with E-state index in [0.29, 0.717) is 24.9 Å². The summed E-state index contributed by atoms with van der Waals surface area (Å²) >= 11 is 0. The van der Waals surface area contributed by atoms with Gasteiger partial charge in [0.15, 0.2) is 5.96 Å². The van der Waals surface area contributed by atoms with Crippen molar-refractivity contribution in [2.75, 3.05) is 39.0 Å². The average molecular weight is 393 g/mol. The summed E-state index contributed by atoms with van der Waals surface area (Å²) in [6.45, 7) is 2.89. The first-order chi connectivity index (χ1) is 13.1. The van der Waals surface area contributed by atoms with E-state index in [9.17, 15) is 8.42 Å². The quantitative estimate of drug-likeness (QED) is 0.523. The van der Waals surface area contributed by atoms with Crippen molar-refractivity contribution >= 4 is 16.0 Å². The zero-order chi connectivity index (χ0) is 19.1. The van der Waals surface area contributed by atoms with Gasteiger partial charge in [0.05, 0.1) is 5.75 Å². The maximum Gasteiger partial charge on any atom is 0.213 e. The molecule has 1 aliphatic heterocycles. The zero-order valence-electron chi connectivity index (χ0n) is 16.2. The highest BCUT2D eigenvalue weighted by molar-refractivity contribution is 7.89. The lowest BCUT2D eigenvalue weighted by Crippen LogP contribution is -2.43. The minimum absolute atomic E-state index is 0.0834. The van der Waals surface area contributed by atoms with Gasteiger partial charge in [-0.2, -0.15) is 0 Å². The molecule has 1 aromatic carbocycles. The van der Waals surface area contributed by atoms with Crippen molar-refractivity contribution in [3.63, 3.8) is 0 Å². The fourth-order valence-electron chi connectivity index (χ4n) is 3.78. The predicted octanol–water partition coefficient (Wildman–Crippen LogP) is 1.85. The van der Waals surface area contributed by atoms with Crippen molar-refractivity contribution in [1.82, 2.24) is 14.9 Å². The van der Waals surface area contributed by atoms with Crippen LogP contribution < -0.4 is 10.0 Å². The summed E-state index contributed by atoms with van der Waals surface area (Å²) in [5, 5.41) is 3.22. The minimum Gasteiger partial charge on any atom is -0.355 e. The van der Waals surface area contributed by atoms with Crippen molar-refractivity contribution in [2.24, 2.45) is 16.8 Å². The summed E-state index contributed by atoms with van der Waals surface area (Å²) in [7, 11) is -1.46. The van der Waals surface area contributed by atoms with Crippen LogP contribution >= 0.6 is 0 Å². The van der Waals surface area contributed by atoms with Crippen LogP contribution in [0.1, 0.15) is 31.2 Å². The number of benzene rings is 1. The molecular weight excluding hydrogens is 360 g/mol. The highest BCUT2D eigenvalue weighted by Gasteiger charge is 2.25. The second kappa shape index (κ2) is 9.55. The Kier molecular flexibility index (Phi) is 7.13. The van der Waals surface area contributed by atoms with Crippen molar-refractivity contribution in [3.8, 4) is 0 Å². The Balaban J connectivity index is 1.40. The fourth-order valence-corrected chi connectivity index (χ4v) is 4.79. The maximum atomic E-state index is 12.1. The van der Waals surface area contributed by atoms with Crippen molar-refractivity contribution in [3.05, 3.63) is 35.9 Å². The molecule has 1 aromatic rings. The van der Waals surface area contributed by atoms with Gasteiger partial charge in [0, 0.05) is 33.2 Å². The highest BCUT2D eigenvalue weighted by atomic mass is 32.2. The molecule has 0 bridgehead atoms. The summed E-state index contributed by atoms with van der Waals surface area (Å²) in [5.74, 6) is 2.03. The number of hydrogen-bond donors (Lipinski definition) is 2. The molecule has 7 heteroatoms. The molecule has 150 valence electrons. The summed E-state index contributed by atoms with van der Waals surface area (Å²) in [6.07, 6.45) is 5.73. The summed E-state index contributed by atoms with van der Waals surface area (Å²) in [6, 6.07) is 10.6. The third-order valence-corrected chi connectivity index (χ3v) is 6.98. The topological polar surface area (TPSA) is 73.8 Å². The Labute approximate surface area is 163 Å². The maximum absolute atomic E-state index is 12.1. The molecule has 2 fully saturated rings. The number of nitrogens with one attached hydrogen (secondary N) is 2. The molecule has 1 saturated heterocycles. The third-order valence-electron chi connectivity index (χ3n) is 5.63. The van der Waals surface area contributed by atoms with Crippen LogP contribution in [0, 0.1) is 11.8 Å². The van der Waals surface area contributed by atoms with E-state index in [-0.39, 0.29) is 5.75 Å². The van der Waals surface area contributed by atoms with Gasteiger partial charge < -0.3 is 10.2 Å². The van der Waals surface area contributed by atoms with Crippen LogP contribution in [0.3, 0.4) is 0 Å². The zero-order valence-corrected chi connectivity index (χ0v) is 17.0. The molecule has 2 N–H and O–H groups in total. The first-order valence-electron chi connectivity index (χ1n) is 10.0. The molecule has 0 amide bonds. The van der Waals surface area contributed by atoms with Gasteiger partial charge in [-0.05, 0) is 43.1 Å². The molecule has 1 atom stereocenters. The molecule has 1 saturated carbocycles. The van der Waals surface area contributed by atoms with Gasteiger partial charge in [-0.15, -0.1) is 0 Å². The van der Waals surface area contributed by atoms with E-state index in [4.69, 9.17) is 0 Å². The van der Waals surface area contributed by atoms with Crippen molar-refractivity contribution in [1.29, 1.82) is 0 Å². The summed E-state index contributed by atoms with van der Waals surface area (Å²) < 4.78 is 27.0. The minimum atomic E-state index is -3.22. The van der Waals surface area contributed by atoms with E-state index in [1.54, 1.807) is 7.05 Å². The lowest BCUT2D eigenvalue weighted by molar-refractivity contribution is 0.316. The molecule has 0 aromatic heterocycles. The Morgan fingerprint density at radius 2 is 1.96 bits per heavy atom. The Hall–Kier alpha value is -1.60. The molecule has 0 radical (unpaired) electrons.